The van der Waals surface area contributed by atoms with E-state index in [0.29, 0.717) is 32.8 Å². The lowest BCUT2D eigenvalue weighted by Gasteiger charge is -2.34. The Bertz CT molecular complexity index is 325. The van der Waals surface area contributed by atoms with Crippen LogP contribution in [0.2, 0.25) is 0 Å². The molecule has 1 heterocycles. The van der Waals surface area contributed by atoms with Crippen LogP contribution in [-0.4, -0.2) is 75.5 Å². The number of hydrogen-bond donors (Lipinski definition) is 3. The zero-order valence-corrected chi connectivity index (χ0v) is 12.1. The van der Waals surface area contributed by atoms with Gasteiger partial charge < -0.3 is 20.5 Å². The second kappa shape index (κ2) is 8.85. The number of carbonyl (C=O) groups is 2. The average Bonchev–Trinajstić information content (AvgIpc) is 2.39. The van der Waals surface area contributed by atoms with Gasteiger partial charge in [0.1, 0.15) is 0 Å². The van der Waals surface area contributed by atoms with Gasteiger partial charge in [0, 0.05) is 32.8 Å². The first kappa shape index (κ1) is 16.8. The maximum Gasteiger partial charge on any atom is 0.321 e. The molecule has 0 aromatic carbocycles. The Hall–Kier alpha value is -1.22. The quantitative estimate of drug-likeness (QED) is 0.514. The molecule has 0 radical (unpaired) electrons. The van der Waals surface area contributed by atoms with Crippen molar-refractivity contribution < 1.29 is 19.1 Å². The highest BCUT2D eigenvalue weighted by molar-refractivity contribution is 5.95. The number of amides is 3. The van der Waals surface area contributed by atoms with Gasteiger partial charge in [-0.2, -0.15) is 0 Å². The molecule has 1 fully saturated rings. The molecule has 0 saturated carbocycles. The molecule has 1 aliphatic heterocycles. The number of nitrogens with zero attached hydrogens (tertiary/aromatic N) is 1. The smallest absolute Gasteiger partial charge is 0.321 e. The number of morpholine rings is 1. The van der Waals surface area contributed by atoms with E-state index in [9.17, 15) is 9.59 Å². The van der Waals surface area contributed by atoms with E-state index in [1.165, 1.54) is 7.11 Å². The molecule has 8 heteroatoms. The molecule has 0 spiro atoms. The minimum Gasteiger partial charge on any atom is -0.383 e. The Morgan fingerprint density at radius 1 is 1.55 bits per heavy atom. The van der Waals surface area contributed by atoms with Gasteiger partial charge in [0.2, 0.25) is 5.91 Å². The van der Waals surface area contributed by atoms with Crippen LogP contribution in [0.1, 0.15) is 6.92 Å². The first-order chi connectivity index (χ1) is 9.52. The van der Waals surface area contributed by atoms with Crippen LogP contribution >= 0.6 is 0 Å². The van der Waals surface area contributed by atoms with Gasteiger partial charge in [0.15, 0.2) is 0 Å². The lowest BCUT2D eigenvalue weighted by Crippen LogP contribution is -2.53. The molecule has 0 bridgehead atoms. The Labute approximate surface area is 118 Å². The van der Waals surface area contributed by atoms with Crippen molar-refractivity contribution in [1.29, 1.82) is 0 Å². The minimum absolute atomic E-state index is 0.0768. The van der Waals surface area contributed by atoms with Gasteiger partial charge in [-0.1, -0.05) is 0 Å². The van der Waals surface area contributed by atoms with Crippen molar-refractivity contribution in [2.24, 2.45) is 5.73 Å². The van der Waals surface area contributed by atoms with Crippen LogP contribution in [-0.2, 0) is 14.3 Å². The molecular weight excluding hydrogens is 264 g/mol. The fraction of sp³-hybridized carbons (Fsp3) is 0.833. The second-order valence-electron chi connectivity index (χ2n) is 4.80. The summed E-state index contributed by atoms with van der Waals surface area (Å²) < 4.78 is 10.3. The Morgan fingerprint density at radius 2 is 2.30 bits per heavy atom. The zero-order valence-electron chi connectivity index (χ0n) is 12.1. The summed E-state index contributed by atoms with van der Waals surface area (Å²) in [5.41, 5.74) is 5.78. The molecule has 2 atom stereocenters. The highest BCUT2D eigenvalue weighted by Crippen LogP contribution is 2.07. The minimum atomic E-state index is -0.510. The molecule has 2 unspecified atom stereocenters. The van der Waals surface area contributed by atoms with Crippen molar-refractivity contribution >= 4 is 11.9 Å². The van der Waals surface area contributed by atoms with E-state index in [1.54, 1.807) is 0 Å². The molecule has 116 valence electrons. The maximum atomic E-state index is 11.7. The average molecular weight is 288 g/mol. The second-order valence-corrected chi connectivity index (χ2v) is 4.80. The summed E-state index contributed by atoms with van der Waals surface area (Å²) in [6.45, 7) is 4.58. The van der Waals surface area contributed by atoms with Crippen molar-refractivity contribution in [3.05, 3.63) is 0 Å². The third-order valence-electron chi connectivity index (χ3n) is 2.98. The van der Waals surface area contributed by atoms with Crippen molar-refractivity contribution in [3.63, 3.8) is 0 Å². The molecule has 0 aromatic heterocycles. The van der Waals surface area contributed by atoms with Gasteiger partial charge in [0.05, 0.1) is 25.9 Å². The fourth-order valence-corrected chi connectivity index (χ4v) is 1.87. The largest absolute Gasteiger partial charge is 0.383 e. The third-order valence-corrected chi connectivity index (χ3v) is 2.98. The summed E-state index contributed by atoms with van der Waals surface area (Å²) in [6.07, 6.45) is -0.0768. The van der Waals surface area contributed by atoms with Crippen LogP contribution in [0.25, 0.3) is 0 Å². The SMILES string of the molecule is COCCNC(=O)NC(=O)CN1CCOC(C(C)N)C1. The molecule has 8 nitrogen and oxygen atoms in total. The van der Waals surface area contributed by atoms with Crippen LogP contribution in [0.5, 0.6) is 0 Å². The first-order valence-corrected chi connectivity index (χ1v) is 6.69. The molecule has 1 saturated heterocycles. The zero-order chi connectivity index (χ0) is 15.0. The molecule has 3 amide bonds. The normalized spacial score (nSPS) is 21.2. The maximum absolute atomic E-state index is 11.7. The summed E-state index contributed by atoms with van der Waals surface area (Å²) in [7, 11) is 1.54. The molecule has 4 N–H and O–H groups in total. The van der Waals surface area contributed by atoms with Crippen LogP contribution in [0.15, 0.2) is 0 Å². The lowest BCUT2D eigenvalue weighted by molar-refractivity contribution is -0.123. The van der Waals surface area contributed by atoms with E-state index in [4.69, 9.17) is 15.2 Å². The molecular formula is C12H24N4O4. The van der Waals surface area contributed by atoms with Crippen LogP contribution in [0.3, 0.4) is 0 Å². The van der Waals surface area contributed by atoms with Gasteiger partial charge in [0.25, 0.3) is 0 Å². The topological polar surface area (TPSA) is 106 Å². The molecule has 0 aliphatic carbocycles. The predicted octanol–water partition coefficient (Wildman–Crippen LogP) is -1.49. The Morgan fingerprint density at radius 3 is 2.95 bits per heavy atom. The van der Waals surface area contributed by atoms with Crippen molar-refractivity contribution in [2.75, 3.05) is 46.5 Å². The van der Waals surface area contributed by atoms with Crippen molar-refractivity contribution in [1.82, 2.24) is 15.5 Å². The Kier molecular flexibility index (Phi) is 7.45. The number of rotatable bonds is 6. The van der Waals surface area contributed by atoms with E-state index in [0.717, 1.165) is 0 Å². The van der Waals surface area contributed by atoms with E-state index >= 15 is 0 Å². The number of methoxy groups -OCH3 is 1. The molecule has 20 heavy (non-hydrogen) atoms. The summed E-state index contributed by atoms with van der Waals surface area (Å²) in [4.78, 5) is 25.0. The van der Waals surface area contributed by atoms with E-state index < -0.39 is 6.03 Å². The summed E-state index contributed by atoms with van der Waals surface area (Å²) in [6, 6.07) is -0.595. The van der Waals surface area contributed by atoms with E-state index in [2.05, 4.69) is 10.6 Å². The van der Waals surface area contributed by atoms with E-state index in [1.807, 2.05) is 11.8 Å². The van der Waals surface area contributed by atoms with Gasteiger partial charge in [-0.25, -0.2) is 4.79 Å². The number of nitrogens with two attached hydrogens (primary N) is 1. The summed E-state index contributed by atoms with van der Waals surface area (Å²) >= 11 is 0. The number of imide groups is 1. The molecule has 1 aliphatic rings. The monoisotopic (exact) mass is 288 g/mol. The Balaban J connectivity index is 2.25. The fourth-order valence-electron chi connectivity index (χ4n) is 1.87. The van der Waals surface area contributed by atoms with Crippen molar-refractivity contribution in [2.45, 2.75) is 19.1 Å². The van der Waals surface area contributed by atoms with Gasteiger partial charge in [-0.3, -0.25) is 15.0 Å². The third kappa shape index (κ3) is 6.29. The number of urea groups is 1. The summed E-state index contributed by atoms with van der Waals surface area (Å²) in [5.74, 6) is -0.342. The van der Waals surface area contributed by atoms with Gasteiger partial charge in [-0.05, 0) is 6.92 Å². The number of carbonyl (C=O) groups excluding carboxylic acids is 2. The lowest BCUT2D eigenvalue weighted by atomic mass is 10.1. The highest BCUT2D eigenvalue weighted by Gasteiger charge is 2.24. The first-order valence-electron chi connectivity index (χ1n) is 6.69. The van der Waals surface area contributed by atoms with Crippen LogP contribution < -0.4 is 16.4 Å². The molecule has 1 rings (SSSR count). The van der Waals surface area contributed by atoms with Crippen LogP contribution in [0, 0.1) is 0 Å². The number of nitrogens with one attached hydrogen (secondary N) is 2. The number of hydrogen-bond acceptors (Lipinski definition) is 6. The standard InChI is InChI=1S/C12H24N4O4/c1-9(13)10-7-16(4-6-20-10)8-11(17)15-12(18)14-3-5-19-2/h9-10H,3-8,13H2,1-2H3,(H2,14,15,17,18). The van der Waals surface area contributed by atoms with Crippen molar-refractivity contribution in [3.8, 4) is 0 Å². The van der Waals surface area contributed by atoms with Gasteiger partial charge >= 0.3 is 6.03 Å². The van der Waals surface area contributed by atoms with E-state index in [-0.39, 0.29) is 24.6 Å². The highest BCUT2D eigenvalue weighted by atomic mass is 16.5. The molecule has 0 aromatic rings. The summed E-state index contributed by atoms with van der Waals surface area (Å²) in [5, 5.41) is 4.79. The van der Waals surface area contributed by atoms with Gasteiger partial charge in [-0.15, -0.1) is 0 Å². The number of ether oxygens (including phenoxy) is 2. The van der Waals surface area contributed by atoms with Crippen LogP contribution in [0.4, 0.5) is 4.79 Å². The predicted molar refractivity (Wildman–Crippen MR) is 73.2 cm³/mol.